The molecular formula is C13H16N6O7S2. The van der Waals surface area contributed by atoms with Crippen LogP contribution in [0.15, 0.2) is 5.38 Å². The normalized spacial score (nSPS) is 25.1. The van der Waals surface area contributed by atoms with Crippen molar-refractivity contribution < 1.29 is 31.6 Å². The Hall–Kier alpha value is -2.49. The number of piperidine rings is 1. The molecular weight excluding hydrogens is 416 g/mol. The molecule has 2 aliphatic heterocycles. The number of hydrogen-bond donors (Lipinski definition) is 4. The number of nitrogens with two attached hydrogens (primary N) is 1. The van der Waals surface area contributed by atoms with Gasteiger partial charge in [0.15, 0.2) is 5.13 Å². The van der Waals surface area contributed by atoms with Crippen LogP contribution in [0.2, 0.25) is 0 Å². The molecule has 4 amide bonds. The van der Waals surface area contributed by atoms with E-state index in [0.29, 0.717) is 17.9 Å². The van der Waals surface area contributed by atoms with Crippen LogP contribution in [0.1, 0.15) is 29.8 Å². The number of rotatable bonds is 4. The number of hydrazine groups is 1. The highest BCUT2D eigenvalue weighted by molar-refractivity contribution is 7.80. The van der Waals surface area contributed by atoms with Crippen LogP contribution >= 0.6 is 11.3 Å². The summed E-state index contributed by atoms with van der Waals surface area (Å²) in [6, 6.07) is -2.36. The van der Waals surface area contributed by atoms with Gasteiger partial charge in [0.2, 0.25) is 0 Å². The molecule has 2 unspecified atom stereocenters. The molecule has 3 aliphatic rings. The summed E-state index contributed by atoms with van der Waals surface area (Å²) in [7, 11) is -4.88. The smallest absolute Gasteiger partial charge is 0.375 e. The van der Waals surface area contributed by atoms with Gasteiger partial charge in [0.25, 0.3) is 11.8 Å². The van der Waals surface area contributed by atoms with Crippen LogP contribution in [-0.2, 0) is 19.5 Å². The minimum Gasteiger partial charge on any atom is -0.375 e. The standard InChI is InChI=1S/C13H16N6O7S2/c14-11-15-6(5-27-11)9(20)16-17-10(21)7-3-13(1-2-13)8-4-18(7)12(22)19(8)26-28(23,24)25/h5,7-8H,1-4H2,(H2,14,15)(H,16,20)(H,17,21)(H,23,24,25). The summed E-state index contributed by atoms with van der Waals surface area (Å²) in [6.45, 7) is 0.0724. The van der Waals surface area contributed by atoms with E-state index >= 15 is 0 Å². The molecule has 13 nitrogen and oxygen atoms in total. The van der Waals surface area contributed by atoms with E-state index in [4.69, 9.17) is 10.3 Å². The molecule has 2 atom stereocenters. The zero-order chi connectivity index (χ0) is 20.3. The summed E-state index contributed by atoms with van der Waals surface area (Å²) in [5, 5.41) is 2.24. The van der Waals surface area contributed by atoms with Crippen LogP contribution in [0.25, 0.3) is 0 Å². The van der Waals surface area contributed by atoms with Crippen molar-refractivity contribution in [1.29, 1.82) is 0 Å². The summed E-state index contributed by atoms with van der Waals surface area (Å²) in [5.41, 5.74) is 9.49. The first-order chi connectivity index (χ1) is 13.1. The third kappa shape index (κ3) is 3.25. The van der Waals surface area contributed by atoms with Crippen LogP contribution < -0.4 is 16.6 Å². The summed E-state index contributed by atoms with van der Waals surface area (Å²) >= 11 is 1.07. The average molecular weight is 432 g/mol. The number of fused-ring (bicyclic) bond motifs is 3. The van der Waals surface area contributed by atoms with E-state index in [2.05, 4.69) is 20.1 Å². The number of anilines is 1. The number of hydrogen-bond acceptors (Lipinski definition) is 9. The molecule has 15 heteroatoms. The molecule has 1 saturated carbocycles. The Labute approximate surface area is 162 Å². The molecule has 5 N–H and O–H groups in total. The van der Waals surface area contributed by atoms with Crippen molar-refractivity contribution in [2.45, 2.75) is 31.3 Å². The van der Waals surface area contributed by atoms with Crippen LogP contribution in [0.3, 0.4) is 0 Å². The number of amides is 4. The van der Waals surface area contributed by atoms with Crippen LogP contribution in [-0.4, -0.2) is 64.4 Å². The second-order valence-corrected chi connectivity index (χ2v) is 8.77. The summed E-state index contributed by atoms with van der Waals surface area (Å²) in [6.07, 6.45) is 1.64. The Morgan fingerprint density at radius 3 is 2.68 bits per heavy atom. The molecule has 152 valence electrons. The van der Waals surface area contributed by atoms with Gasteiger partial charge in [-0.05, 0) is 24.7 Å². The van der Waals surface area contributed by atoms with E-state index < -0.39 is 45.7 Å². The Bertz CT molecular complexity index is 958. The Morgan fingerprint density at radius 1 is 1.39 bits per heavy atom. The van der Waals surface area contributed by atoms with Gasteiger partial charge in [0.05, 0.1) is 6.04 Å². The third-order valence-electron chi connectivity index (χ3n) is 5.19. The van der Waals surface area contributed by atoms with Crippen molar-refractivity contribution in [2.75, 3.05) is 12.3 Å². The maximum absolute atomic E-state index is 12.6. The first kappa shape index (κ1) is 18.9. The highest BCUT2D eigenvalue weighted by Crippen LogP contribution is 2.59. The zero-order valence-corrected chi connectivity index (χ0v) is 15.8. The predicted molar refractivity (Wildman–Crippen MR) is 92.6 cm³/mol. The molecule has 28 heavy (non-hydrogen) atoms. The second kappa shape index (κ2) is 6.26. The first-order valence-corrected chi connectivity index (χ1v) is 10.4. The Balaban J connectivity index is 1.46. The van der Waals surface area contributed by atoms with E-state index in [1.54, 1.807) is 0 Å². The van der Waals surface area contributed by atoms with Gasteiger partial charge in [-0.25, -0.2) is 9.78 Å². The predicted octanol–water partition coefficient (Wildman–Crippen LogP) is -1.12. The van der Waals surface area contributed by atoms with E-state index in [9.17, 15) is 22.8 Å². The molecule has 2 saturated heterocycles. The number of aromatic nitrogens is 1. The molecule has 1 aromatic rings. The van der Waals surface area contributed by atoms with Crippen molar-refractivity contribution in [1.82, 2.24) is 25.8 Å². The number of carbonyl (C=O) groups excluding carboxylic acids is 3. The molecule has 1 aliphatic carbocycles. The van der Waals surface area contributed by atoms with Gasteiger partial charge in [0, 0.05) is 11.9 Å². The highest BCUT2D eigenvalue weighted by Gasteiger charge is 2.65. The minimum atomic E-state index is -4.88. The first-order valence-electron chi connectivity index (χ1n) is 8.18. The van der Waals surface area contributed by atoms with Gasteiger partial charge in [-0.1, -0.05) is 0 Å². The largest absolute Gasteiger partial charge is 0.418 e. The lowest BCUT2D eigenvalue weighted by atomic mass is 9.85. The van der Waals surface area contributed by atoms with Crippen LogP contribution in [0.5, 0.6) is 0 Å². The van der Waals surface area contributed by atoms with E-state index in [1.807, 2.05) is 0 Å². The summed E-state index contributed by atoms with van der Waals surface area (Å²) in [5.74, 6) is -1.30. The number of thiazole rings is 1. The van der Waals surface area contributed by atoms with Gasteiger partial charge >= 0.3 is 16.4 Å². The van der Waals surface area contributed by atoms with E-state index in [1.165, 1.54) is 5.38 Å². The van der Waals surface area contributed by atoms with Gasteiger partial charge in [-0.3, -0.25) is 25.0 Å². The fourth-order valence-corrected chi connectivity index (χ4v) is 4.62. The van der Waals surface area contributed by atoms with Crippen molar-refractivity contribution in [3.63, 3.8) is 0 Å². The lowest BCUT2D eigenvalue weighted by molar-refractivity contribution is -0.128. The lowest BCUT2D eigenvalue weighted by Crippen LogP contribution is -2.56. The maximum Gasteiger partial charge on any atom is 0.418 e. The number of hydroxylamine groups is 2. The average Bonchev–Trinajstić information content (AvgIpc) is 3.15. The van der Waals surface area contributed by atoms with Crippen molar-refractivity contribution in [3.05, 3.63) is 11.1 Å². The monoisotopic (exact) mass is 432 g/mol. The number of urea groups is 1. The Morgan fingerprint density at radius 2 is 2.11 bits per heavy atom. The highest BCUT2D eigenvalue weighted by atomic mass is 32.3. The van der Waals surface area contributed by atoms with E-state index in [-0.39, 0.29) is 23.8 Å². The lowest BCUT2D eigenvalue weighted by Gasteiger charge is -2.35. The molecule has 3 fully saturated rings. The summed E-state index contributed by atoms with van der Waals surface area (Å²) in [4.78, 5) is 42.0. The maximum atomic E-state index is 12.6. The third-order valence-corrected chi connectivity index (χ3v) is 6.22. The molecule has 2 bridgehead atoms. The van der Waals surface area contributed by atoms with Gasteiger partial charge in [-0.2, -0.15) is 13.5 Å². The fourth-order valence-electron chi connectivity index (χ4n) is 3.71. The minimum absolute atomic E-state index is 0.0372. The quantitative estimate of drug-likeness (QED) is 0.338. The molecule has 1 spiro atoms. The van der Waals surface area contributed by atoms with Crippen LogP contribution in [0, 0.1) is 5.41 Å². The number of carbonyl (C=O) groups is 3. The number of nitrogens with one attached hydrogen (secondary N) is 2. The van der Waals surface area contributed by atoms with E-state index in [0.717, 1.165) is 16.2 Å². The summed E-state index contributed by atoms with van der Waals surface area (Å²) < 4.78 is 35.5. The molecule has 1 aromatic heterocycles. The van der Waals surface area contributed by atoms with Crippen molar-refractivity contribution >= 4 is 44.7 Å². The second-order valence-electron chi connectivity index (χ2n) is 6.88. The molecule has 0 radical (unpaired) electrons. The van der Waals surface area contributed by atoms with Gasteiger partial charge in [0.1, 0.15) is 11.7 Å². The van der Waals surface area contributed by atoms with Gasteiger partial charge < -0.3 is 10.6 Å². The number of nitrogens with zero attached hydrogens (tertiary/aromatic N) is 3. The van der Waals surface area contributed by atoms with Crippen LogP contribution in [0.4, 0.5) is 9.93 Å². The molecule has 3 heterocycles. The van der Waals surface area contributed by atoms with Crippen molar-refractivity contribution in [2.24, 2.45) is 5.41 Å². The Kier molecular flexibility index (Phi) is 4.22. The molecule has 4 rings (SSSR count). The SMILES string of the molecule is Nc1nc(C(=O)NNC(=O)C2CC3(CC3)C3CN2C(=O)N3OS(=O)(=O)O)cs1. The zero-order valence-electron chi connectivity index (χ0n) is 14.2. The fraction of sp³-hybridized carbons (Fsp3) is 0.538. The topological polar surface area (TPSA) is 184 Å². The van der Waals surface area contributed by atoms with Crippen molar-refractivity contribution in [3.8, 4) is 0 Å². The van der Waals surface area contributed by atoms with Gasteiger partial charge in [-0.15, -0.1) is 15.6 Å². The molecule has 0 aromatic carbocycles. The number of nitrogen functional groups attached to an aromatic ring is 1.